The number of carbonyl (C=O) groups is 2. The van der Waals surface area contributed by atoms with Gasteiger partial charge >= 0.3 is 0 Å². The predicted octanol–water partition coefficient (Wildman–Crippen LogP) is -0.788. The normalized spacial score (nSPS) is 24.7. The molecule has 0 aliphatic carbocycles. The minimum atomic E-state index is -0.714. The smallest absolute Gasteiger partial charge is 0.274 e. The third-order valence-electron chi connectivity index (χ3n) is 1.77. The molecule has 0 fully saturated rings. The number of fused-ring (bicyclic) bond motifs is 1. The molecule has 0 aromatic heterocycles. The number of rotatable bonds is 0. The number of amides is 2. The molecule has 0 radical (unpaired) electrons. The van der Waals surface area contributed by atoms with Crippen molar-refractivity contribution in [3.63, 3.8) is 0 Å². The molecule has 2 aliphatic rings. The average Bonchev–Trinajstić information content (AvgIpc) is 2.48. The average molecular weight is 178 g/mol. The maximum absolute atomic E-state index is 11.1. The summed E-state index contributed by atoms with van der Waals surface area (Å²) in [5.74, 6) is -0.259. The third kappa shape index (κ3) is 1.07. The lowest BCUT2D eigenvalue weighted by Crippen LogP contribution is -2.39. The first-order valence-electron chi connectivity index (χ1n) is 3.67. The van der Waals surface area contributed by atoms with E-state index in [2.05, 4.69) is 15.0 Å². The Kier molecular flexibility index (Phi) is 1.54. The highest BCUT2D eigenvalue weighted by Crippen LogP contribution is 2.12. The fourth-order valence-electron chi connectivity index (χ4n) is 1.16. The van der Waals surface area contributed by atoms with E-state index in [1.165, 1.54) is 18.2 Å². The highest BCUT2D eigenvalue weighted by atomic mass is 16.2. The lowest BCUT2D eigenvalue weighted by Gasteiger charge is -2.14. The van der Waals surface area contributed by atoms with Crippen LogP contribution in [-0.2, 0) is 9.59 Å². The maximum Gasteiger partial charge on any atom is 0.279 e. The van der Waals surface area contributed by atoms with Crippen LogP contribution in [0.25, 0.3) is 0 Å². The van der Waals surface area contributed by atoms with E-state index in [1.54, 1.807) is 0 Å². The molecule has 6 heteroatoms. The van der Waals surface area contributed by atoms with E-state index in [9.17, 15) is 9.59 Å². The van der Waals surface area contributed by atoms with Gasteiger partial charge in [-0.1, -0.05) is 0 Å². The summed E-state index contributed by atoms with van der Waals surface area (Å²) in [4.78, 5) is 34.5. The number of hydrogen-bond acceptors (Lipinski definition) is 4. The Morgan fingerprint density at radius 3 is 3.08 bits per heavy atom. The summed E-state index contributed by atoms with van der Waals surface area (Å²) in [6, 6.07) is -0.714. The van der Waals surface area contributed by atoms with Crippen molar-refractivity contribution in [2.24, 2.45) is 15.0 Å². The topological polar surface area (TPSA) is 74.5 Å². The molecule has 13 heavy (non-hydrogen) atoms. The van der Waals surface area contributed by atoms with Gasteiger partial charge < -0.3 is 0 Å². The van der Waals surface area contributed by atoms with Crippen LogP contribution in [0.4, 0.5) is 0 Å². The van der Waals surface area contributed by atoms with Gasteiger partial charge in [0.05, 0.1) is 6.34 Å². The summed E-state index contributed by atoms with van der Waals surface area (Å²) in [6.45, 7) is 1.38. The summed E-state index contributed by atoms with van der Waals surface area (Å²) < 4.78 is 0. The van der Waals surface area contributed by atoms with Crippen LogP contribution in [0.3, 0.4) is 0 Å². The van der Waals surface area contributed by atoms with E-state index >= 15 is 0 Å². The minimum absolute atomic E-state index is 0.215. The molecular weight excluding hydrogens is 172 g/mol. The Bertz CT molecular complexity index is 369. The molecule has 0 saturated carbocycles. The number of aliphatic imine (C=N–C) groups is 3. The quantitative estimate of drug-likeness (QED) is 0.487. The molecule has 6 nitrogen and oxygen atoms in total. The Hall–Kier alpha value is -1.85. The highest BCUT2D eigenvalue weighted by Gasteiger charge is 2.35. The first-order valence-corrected chi connectivity index (χ1v) is 3.67. The van der Waals surface area contributed by atoms with Crippen molar-refractivity contribution in [1.82, 2.24) is 4.90 Å². The molecule has 0 aromatic rings. The van der Waals surface area contributed by atoms with Crippen LogP contribution in [0.2, 0.25) is 0 Å². The van der Waals surface area contributed by atoms with Crippen LogP contribution in [0.1, 0.15) is 6.92 Å². The number of hydrogen-bond donors (Lipinski definition) is 0. The van der Waals surface area contributed by atoms with Gasteiger partial charge in [0.15, 0.2) is 11.9 Å². The van der Waals surface area contributed by atoms with Gasteiger partial charge in [-0.15, -0.1) is 0 Å². The maximum atomic E-state index is 11.1. The van der Waals surface area contributed by atoms with Crippen LogP contribution in [0.15, 0.2) is 15.0 Å². The fraction of sp³-hybridized carbons (Fsp3) is 0.286. The number of amidine groups is 1. The first-order chi connectivity index (χ1) is 6.20. The van der Waals surface area contributed by atoms with Crippen molar-refractivity contribution in [2.45, 2.75) is 13.0 Å². The highest BCUT2D eigenvalue weighted by molar-refractivity contribution is 6.24. The molecule has 2 amide bonds. The Balaban J connectivity index is 2.37. The van der Waals surface area contributed by atoms with E-state index in [-0.39, 0.29) is 11.8 Å². The SMILES string of the molecule is CC(=O)N1C=NC2C(=O)N=CN=C21. The van der Waals surface area contributed by atoms with E-state index < -0.39 is 6.04 Å². The van der Waals surface area contributed by atoms with Gasteiger partial charge in [-0.3, -0.25) is 19.5 Å². The first kappa shape index (κ1) is 7.78. The molecule has 66 valence electrons. The molecule has 2 aliphatic heterocycles. The zero-order valence-corrected chi connectivity index (χ0v) is 6.84. The molecule has 2 rings (SSSR count). The second-order valence-electron chi connectivity index (χ2n) is 2.63. The van der Waals surface area contributed by atoms with Gasteiger partial charge in [0.25, 0.3) is 5.91 Å². The van der Waals surface area contributed by atoms with Crippen molar-refractivity contribution in [2.75, 3.05) is 0 Å². The van der Waals surface area contributed by atoms with Crippen molar-refractivity contribution in [1.29, 1.82) is 0 Å². The van der Waals surface area contributed by atoms with Crippen LogP contribution in [0.5, 0.6) is 0 Å². The summed E-state index contributed by atoms with van der Waals surface area (Å²) in [5.41, 5.74) is 0. The second-order valence-corrected chi connectivity index (χ2v) is 2.63. The standard InChI is InChI=1S/C7H6N4O2/c1-4(12)11-3-10-5-6(11)8-2-9-7(5)13/h2-3,5H,1H3. The molecule has 1 unspecified atom stereocenters. The third-order valence-corrected chi connectivity index (χ3v) is 1.77. The predicted molar refractivity (Wildman–Crippen MR) is 45.7 cm³/mol. The van der Waals surface area contributed by atoms with E-state index in [4.69, 9.17) is 0 Å². The largest absolute Gasteiger partial charge is 0.279 e. The van der Waals surface area contributed by atoms with Crippen LogP contribution >= 0.6 is 0 Å². The van der Waals surface area contributed by atoms with Gasteiger partial charge in [0.1, 0.15) is 6.34 Å². The minimum Gasteiger partial charge on any atom is -0.274 e. The van der Waals surface area contributed by atoms with Gasteiger partial charge in [-0.25, -0.2) is 4.99 Å². The summed E-state index contributed by atoms with van der Waals surface area (Å²) in [6.07, 6.45) is 2.44. The monoisotopic (exact) mass is 178 g/mol. The molecule has 0 saturated heterocycles. The Labute approximate surface area is 73.7 Å². The van der Waals surface area contributed by atoms with Crippen LogP contribution < -0.4 is 0 Å². The van der Waals surface area contributed by atoms with Crippen LogP contribution in [-0.4, -0.2) is 41.3 Å². The molecule has 1 atom stereocenters. The van der Waals surface area contributed by atoms with E-state index in [0.29, 0.717) is 5.84 Å². The molecule has 0 aromatic carbocycles. The zero-order valence-electron chi connectivity index (χ0n) is 6.84. The van der Waals surface area contributed by atoms with Crippen molar-refractivity contribution in [3.05, 3.63) is 0 Å². The molecular formula is C7H6N4O2. The molecule has 2 heterocycles. The second kappa shape index (κ2) is 2.58. The summed E-state index contributed by atoms with van der Waals surface area (Å²) >= 11 is 0. The molecule has 0 bridgehead atoms. The zero-order chi connectivity index (χ0) is 9.42. The lowest BCUT2D eigenvalue weighted by molar-refractivity contribution is -0.122. The van der Waals surface area contributed by atoms with Crippen molar-refractivity contribution >= 4 is 30.3 Å². The van der Waals surface area contributed by atoms with Crippen molar-refractivity contribution in [3.8, 4) is 0 Å². The van der Waals surface area contributed by atoms with Gasteiger partial charge in [0.2, 0.25) is 5.91 Å². The van der Waals surface area contributed by atoms with Gasteiger partial charge in [-0.05, 0) is 0 Å². The Morgan fingerprint density at radius 2 is 2.38 bits per heavy atom. The van der Waals surface area contributed by atoms with E-state index in [0.717, 1.165) is 6.34 Å². The van der Waals surface area contributed by atoms with E-state index in [1.807, 2.05) is 0 Å². The van der Waals surface area contributed by atoms with Gasteiger partial charge in [-0.2, -0.15) is 4.99 Å². The molecule has 0 spiro atoms. The number of carbonyl (C=O) groups excluding carboxylic acids is 2. The molecule has 0 N–H and O–H groups in total. The Morgan fingerprint density at radius 1 is 1.62 bits per heavy atom. The number of nitrogens with zero attached hydrogens (tertiary/aromatic N) is 4. The van der Waals surface area contributed by atoms with Crippen LogP contribution in [0, 0.1) is 0 Å². The fourth-order valence-corrected chi connectivity index (χ4v) is 1.16. The van der Waals surface area contributed by atoms with Crippen molar-refractivity contribution < 1.29 is 9.59 Å². The lowest BCUT2D eigenvalue weighted by atomic mass is 10.2. The summed E-state index contributed by atoms with van der Waals surface area (Å²) in [5, 5.41) is 0. The summed E-state index contributed by atoms with van der Waals surface area (Å²) in [7, 11) is 0. The van der Waals surface area contributed by atoms with Gasteiger partial charge in [0, 0.05) is 6.92 Å².